The second-order valence-corrected chi connectivity index (χ2v) is 8.38. The molecule has 0 aromatic carbocycles. The number of carbonyl (C=O) groups is 1. The van der Waals surface area contributed by atoms with Crippen LogP contribution < -0.4 is 0 Å². The molecule has 7 heteroatoms. The van der Waals surface area contributed by atoms with Crippen molar-refractivity contribution in [2.45, 2.75) is 69.1 Å². The van der Waals surface area contributed by atoms with Crippen molar-refractivity contribution >= 4 is 17.7 Å². The first kappa shape index (κ1) is 19.6. The number of likely N-dealkylation sites (tertiary alicyclic amines) is 1. The fourth-order valence-electron chi connectivity index (χ4n) is 3.66. The molecule has 1 saturated heterocycles. The Hall–Kier alpha value is -2.15. The summed E-state index contributed by atoms with van der Waals surface area (Å²) >= 11 is 1.47. The molecular weight excluding hydrogens is 358 g/mol. The van der Waals surface area contributed by atoms with Gasteiger partial charge in [-0.15, -0.1) is 16.8 Å². The van der Waals surface area contributed by atoms with Crippen LogP contribution in [0.5, 0.6) is 0 Å². The zero-order valence-electron chi connectivity index (χ0n) is 16.2. The molecule has 0 spiro atoms. The zero-order valence-corrected chi connectivity index (χ0v) is 17.0. The van der Waals surface area contributed by atoms with Gasteiger partial charge < -0.3 is 4.90 Å². The van der Waals surface area contributed by atoms with Gasteiger partial charge in [0.25, 0.3) is 0 Å². The standard InChI is InChI=1S/C20H27N5OS/c1-5-13-24-18(17-9-11-21-12-10-17)22-23-20(24)27-16(4)19(26)25-14(2)7-6-8-15(25)3/h5,9-12,14-16H,1,6-8,13H2,2-4H3/t14-,15+,16-/m0/s1. The monoisotopic (exact) mass is 385 g/mol. The molecule has 1 fully saturated rings. The van der Waals surface area contributed by atoms with Crippen LogP contribution in [0.2, 0.25) is 0 Å². The van der Waals surface area contributed by atoms with Gasteiger partial charge in [0.2, 0.25) is 5.91 Å². The Kier molecular flexibility index (Phi) is 6.31. The molecule has 144 valence electrons. The van der Waals surface area contributed by atoms with Crippen molar-refractivity contribution < 1.29 is 4.79 Å². The highest BCUT2D eigenvalue weighted by atomic mass is 32.2. The summed E-state index contributed by atoms with van der Waals surface area (Å²) in [5.74, 6) is 0.942. The zero-order chi connectivity index (χ0) is 19.4. The van der Waals surface area contributed by atoms with Crippen molar-refractivity contribution in [1.82, 2.24) is 24.6 Å². The molecule has 0 unspecified atom stereocenters. The number of rotatable bonds is 6. The van der Waals surface area contributed by atoms with E-state index in [9.17, 15) is 4.79 Å². The maximum Gasteiger partial charge on any atom is 0.236 e. The maximum atomic E-state index is 13.1. The van der Waals surface area contributed by atoms with Crippen molar-refractivity contribution in [3.05, 3.63) is 37.2 Å². The molecular formula is C20H27N5OS. The summed E-state index contributed by atoms with van der Waals surface area (Å²) in [6.45, 7) is 10.7. The number of thioether (sulfide) groups is 1. The summed E-state index contributed by atoms with van der Waals surface area (Å²) in [5, 5.41) is 9.22. The Labute approximate surface area is 165 Å². The van der Waals surface area contributed by atoms with E-state index in [1.54, 1.807) is 12.4 Å². The molecule has 2 aromatic heterocycles. The minimum absolute atomic E-state index is 0.179. The predicted molar refractivity (Wildman–Crippen MR) is 108 cm³/mol. The van der Waals surface area contributed by atoms with Gasteiger partial charge in [0.05, 0.1) is 5.25 Å². The number of allylic oxidation sites excluding steroid dienone is 1. The molecule has 0 saturated carbocycles. The Morgan fingerprint density at radius 2 is 1.96 bits per heavy atom. The number of pyridine rings is 1. The molecule has 0 bridgehead atoms. The number of hydrogen-bond donors (Lipinski definition) is 0. The maximum absolute atomic E-state index is 13.1. The lowest BCUT2D eigenvalue weighted by Crippen LogP contribution is -2.50. The summed E-state index contributed by atoms with van der Waals surface area (Å²) in [6.07, 6.45) is 8.63. The number of carbonyl (C=O) groups excluding carboxylic acids is 1. The highest BCUT2D eigenvalue weighted by Gasteiger charge is 2.32. The van der Waals surface area contributed by atoms with E-state index in [1.807, 2.05) is 29.7 Å². The molecule has 0 N–H and O–H groups in total. The van der Waals surface area contributed by atoms with E-state index in [0.717, 1.165) is 29.4 Å². The van der Waals surface area contributed by atoms with E-state index >= 15 is 0 Å². The first-order valence-corrected chi connectivity index (χ1v) is 10.3. The topological polar surface area (TPSA) is 63.9 Å². The number of hydrogen-bond acceptors (Lipinski definition) is 5. The van der Waals surface area contributed by atoms with Crippen molar-refractivity contribution in [2.75, 3.05) is 0 Å². The first-order valence-electron chi connectivity index (χ1n) is 9.46. The molecule has 0 radical (unpaired) electrons. The van der Waals surface area contributed by atoms with Gasteiger partial charge in [0.15, 0.2) is 11.0 Å². The van der Waals surface area contributed by atoms with Crippen molar-refractivity contribution in [1.29, 1.82) is 0 Å². The summed E-state index contributed by atoms with van der Waals surface area (Å²) in [7, 11) is 0. The Bertz CT molecular complexity index is 781. The van der Waals surface area contributed by atoms with E-state index in [4.69, 9.17) is 0 Å². The van der Waals surface area contributed by atoms with Gasteiger partial charge >= 0.3 is 0 Å². The first-order chi connectivity index (χ1) is 13.0. The van der Waals surface area contributed by atoms with E-state index < -0.39 is 0 Å². The Morgan fingerprint density at radius 1 is 1.30 bits per heavy atom. The van der Waals surface area contributed by atoms with Crippen molar-refractivity contribution in [2.24, 2.45) is 0 Å². The van der Waals surface area contributed by atoms with Gasteiger partial charge in [-0.25, -0.2) is 0 Å². The smallest absolute Gasteiger partial charge is 0.236 e. The van der Waals surface area contributed by atoms with Crippen LogP contribution >= 0.6 is 11.8 Å². The van der Waals surface area contributed by atoms with Gasteiger partial charge in [-0.2, -0.15) is 0 Å². The summed E-state index contributed by atoms with van der Waals surface area (Å²) in [6, 6.07) is 4.40. The molecule has 3 rings (SSSR count). The van der Waals surface area contributed by atoms with Crippen LogP contribution in [0.15, 0.2) is 42.3 Å². The molecule has 1 amide bonds. The van der Waals surface area contributed by atoms with E-state index in [-0.39, 0.29) is 11.2 Å². The molecule has 2 aromatic rings. The number of piperidine rings is 1. The fraction of sp³-hybridized carbons (Fsp3) is 0.500. The van der Waals surface area contributed by atoms with E-state index in [1.165, 1.54) is 18.2 Å². The van der Waals surface area contributed by atoms with Crippen molar-refractivity contribution in [3.63, 3.8) is 0 Å². The SMILES string of the molecule is C=CCn1c(S[C@@H](C)C(=O)N2[C@H](C)CCC[C@@H]2C)nnc1-c1ccncc1. The van der Waals surface area contributed by atoms with Crippen LogP contribution in [0.25, 0.3) is 11.4 Å². The molecule has 3 atom stereocenters. The third kappa shape index (κ3) is 4.24. The molecule has 0 aliphatic carbocycles. The van der Waals surface area contributed by atoms with Gasteiger partial charge in [0, 0.05) is 36.6 Å². The second-order valence-electron chi connectivity index (χ2n) is 7.08. The molecule has 6 nitrogen and oxygen atoms in total. The minimum Gasteiger partial charge on any atom is -0.336 e. The minimum atomic E-state index is -0.217. The summed E-state index contributed by atoms with van der Waals surface area (Å²) < 4.78 is 2.00. The lowest BCUT2D eigenvalue weighted by Gasteiger charge is -2.40. The van der Waals surface area contributed by atoms with Crippen LogP contribution in [0.4, 0.5) is 0 Å². The lowest BCUT2D eigenvalue weighted by molar-refractivity contribution is -0.136. The lowest BCUT2D eigenvalue weighted by atomic mass is 9.97. The number of nitrogens with zero attached hydrogens (tertiary/aromatic N) is 5. The summed E-state index contributed by atoms with van der Waals surface area (Å²) in [4.78, 5) is 19.2. The molecule has 3 heterocycles. The van der Waals surface area contributed by atoms with Gasteiger partial charge in [-0.3, -0.25) is 14.3 Å². The van der Waals surface area contributed by atoms with E-state index in [2.05, 4.69) is 40.5 Å². The van der Waals surface area contributed by atoms with Crippen LogP contribution in [-0.2, 0) is 11.3 Å². The second kappa shape index (κ2) is 8.69. The largest absolute Gasteiger partial charge is 0.336 e. The number of aromatic nitrogens is 4. The molecule has 1 aliphatic heterocycles. The highest BCUT2D eigenvalue weighted by Crippen LogP contribution is 2.30. The average molecular weight is 386 g/mol. The Balaban J connectivity index is 1.81. The quantitative estimate of drug-likeness (QED) is 0.559. The third-order valence-electron chi connectivity index (χ3n) is 5.04. The fourth-order valence-corrected chi connectivity index (χ4v) is 4.57. The van der Waals surface area contributed by atoms with E-state index in [0.29, 0.717) is 18.6 Å². The highest BCUT2D eigenvalue weighted by molar-refractivity contribution is 8.00. The number of amides is 1. The Morgan fingerprint density at radius 3 is 2.59 bits per heavy atom. The van der Waals surface area contributed by atoms with Crippen LogP contribution in [0.3, 0.4) is 0 Å². The third-order valence-corrected chi connectivity index (χ3v) is 6.11. The average Bonchev–Trinajstić information content (AvgIpc) is 3.05. The predicted octanol–water partition coefficient (Wildman–Crippen LogP) is 3.80. The molecule has 1 aliphatic rings. The van der Waals surface area contributed by atoms with Gasteiger partial charge in [-0.1, -0.05) is 17.8 Å². The van der Waals surface area contributed by atoms with Crippen LogP contribution in [0.1, 0.15) is 40.0 Å². The van der Waals surface area contributed by atoms with Crippen LogP contribution in [0, 0.1) is 0 Å². The summed E-state index contributed by atoms with van der Waals surface area (Å²) in [5.41, 5.74) is 0.948. The van der Waals surface area contributed by atoms with Gasteiger partial charge in [-0.05, 0) is 52.2 Å². The van der Waals surface area contributed by atoms with Crippen LogP contribution in [-0.4, -0.2) is 47.9 Å². The molecule has 27 heavy (non-hydrogen) atoms. The van der Waals surface area contributed by atoms with Gasteiger partial charge in [0.1, 0.15) is 0 Å². The normalized spacial score (nSPS) is 21.1. The van der Waals surface area contributed by atoms with Crippen molar-refractivity contribution in [3.8, 4) is 11.4 Å².